The molecule has 0 unspecified atom stereocenters. The lowest BCUT2D eigenvalue weighted by Crippen LogP contribution is -2.38. The van der Waals surface area contributed by atoms with Crippen LogP contribution in [0.2, 0.25) is 19.6 Å². The normalized spacial score (nSPS) is 11.8. The molecule has 0 saturated carbocycles. The summed E-state index contributed by atoms with van der Waals surface area (Å²) in [6, 6.07) is 8.27. The Morgan fingerprint density at radius 3 is 2.25 bits per heavy atom. The quantitative estimate of drug-likeness (QED) is 0.619. The first-order valence-corrected chi connectivity index (χ1v) is 9.73. The van der Waals surface area contributed by atoms with Crippen LogP contribution in [0.1, 0.15) is 0 Å². The standard InChI is InChI=1S/C11H14IN3Si/c1-16(2,3)11-8-15(14-13-11)10-6-4-9(12)5-7-10/h4-8H,1-3H3. The van der Waals surface area contributed by atoms with Gasteiger partial charge in [0.2, 0.25) is 0 Å². The minimum Gasteiger partial charge on any atom is -0.221 e. The smallest absolute Gasteiger partial charge is 0.106 e. The predicted octanol–water partition coefficient (Wildman–Crippen LogP) is 2.42. The molecule has 0 amide bonds. The monoisotopic (exact) mass is 343 g/mol. The highest BCUT2D eigenvalue weighted by atomic mass is 127. The molecule has 0 radical (unpaired) electrons. The van der Waals surface area contributed by atoms with Gasteiger partial charge < -0.3 is 0 Å². The van der Waals surface area contributed by atoms with Crippen LogP contribution in [0.15, 0.2) is 30.5 Å². The molecule has 0 aliphatic carbocycles. The molecule has 0 fully saturated rings. The summed E-state index contributed by atoms with van der Waals surface area (Å²) in [5.74, 6) is 0. The lowest BCUT2D eigenvalue weighted by atomic mass is 10.3. The first-order chi connectivity index (χ1) is 7.47. The number of hydrogen-bond donors (Lipinski definition) is 0. The summed E-state index contributed by atoms with van der Waals surface area (Å²) < 4.78 is 3.08. The van der Waals surface area contributed by atoms with Crippen LogP contribution in [0.4, 0.5) is 0 Å². The fraction of sp³-hybridized carbons (Fsp3) is 0.273. The molecule has 0 bridgehead atoms. The van der Waals surface area contributed by atoms with Crippen LogP contribution in [-0.2, 0) is 0 Å². The van der Waals surface area contributed by atoms with E-state index in [9.17, 15) is 0 Å². The Hall–Kier alpha value is -0.693. The van der Waals surface area contributed by atoms with Crippen LogP contribution in [0.5, 0.6) is 0 Å². The van der Waals surface area contributed by atoms with E-state index in [1.54, 1.807) is 0 Å². The van der Waals surface area contributed by atoms with Crippen molar-refractivity contribution < 1.29 is 0 Å². The molecule has 0 atom stereocenters. The number of nitrogens with zero attached hydrogens (tertiary/aromatic N) is 3. The van der Waals surface area contributed by atoms with Crippen molar-refractivity contribution in [2.75, 3.05) is 0 Å². The average Bonchev–Trinajstić information content (AvgIpc) is 2.67. The highest BCUT2D eigenvalue weighted by Gasteiger charge is 2.20. The molecular formula is C11H14IN3Si. The largest absolute Gasteiger partial charge is 0.221 e. The SMILES string of the molecule is C[Si](C)(C)c1cn(-c2ccc(I)cc2)nn1. The average molecular weight is 343 g/mol. The molecule has 0 aliphatic heterocycles. The first kappa shape index (κ1) is 11.8. The van der Waals surface area contributed by atoms with Crippen molar-refractivity contribution in [3.8, 4) is 5.69 Å². The van der Waals surface area contributed by atoms with E-state index in [1.807, 2.05) is 4.68 Å². The topological polar surface area (TPSA) is 30.7 Å². The van der Waals surface area contributed by atoms with Crippen LogP contribution < -0.4 is 5.32 Å². The Balaban J connectivity index is 2.35. The summed E-state index contributed by atoms with van der Waals surface area (Å²) >= 11 is 2.30. The van der Waals surface area contributed by atoms with Gasteiger partial charge in [-0.15, -0.1) is 5.10 Å². The van der Waals surface area contributed by atoms with Gasteiger partial charge >= 0.3 is 0 Å². The first-order valence-electron chi connectivity index (χ1n) is 5.15. The van der Waals surface area contributed by atoms with Gasteiger partial charge in [0.15, 0.2) is 0 Å². The number of rotatable bonds is 2. The number of hydrogen-bond acceptors (Lipinski definition) is 2. The van der Waals surface area contributed by atoms with Gasteiger partial charge in [0.1, 0.15) is 8.07 Å². The predicted molar refractivity (Wildman–Crippen MR) is 77.1 cm³/mol. The second kappa shape index (κ2) is 4.29. The molecule has 1 aromatic heterocycles. The van der Waals surface area contributed by atoms with Gasteiger partial charge in [-0.05, 0) is 46.9 Å². The summed E-state index contributed by atoms with van der Waals surface area (Å²) in [6.45, 7) is 6.82. The maximum atomic E-state index is 4.26. The maximum Gasteiger partial charge on any atom is 0.106 e. The highest BCUT2D eigenvalue weighted by Crippen LogP contribution is 2.10. The van der Waals surface area contributed by atoms with E-state index in [2.05, 4.69) is 83.0 Å². The number of aromatic nitrogens is 3. The summed E-state index contributed by atoms with van der Waals surface area (Å²) in [6.07, 6.45) is 2.05. The van der Waals surface area contributed by atoms with E-state index in [1.165, 1.54) is 3.57 Å². The molecule has 16 heavy (non-hydrogen) atoms. The minimum atomic E-state index is -1.35. The van der Waals surface area contributed by atoms with Crippen LogP contribution in [0.25, 0.3) is 5.69 Å². The van der Waals surface area contributed by atoms with Crippen molar-refractivity contribution >= 4 is 36.0 Å². The Labute approximate surface area is 110 Å². The molecular weight excluding hydrogens is 329 g/mol. The second-order valence-electron chi connectivity index (χ2n) is 4.77. The molecule has 1 heterocycles. The van der Waals surface area contributed by atoms with Crippen molar-refractivity contribution in [3.05, 3.63) is 34.0 Å². The minimum absolute atomic E-state index is 1.07. The van der Waals surface area contributed by atoms with Crippen molar-refractivity contribution in [2.45, 2.75) is 19.6 Å². The fourth-order valence-corrected chi connectivity index (χ4v) is 2.54. The third-order valence-corrected chi connectivity index (χ3v) is 4.84. The second-order valence-corrected chi connectivity index (χ2v) is 11.0. The third-order valence-electron chi connectivity index (χ3n) is 2.35. The fourth-order valence-electron chi connectivity index (χ4n) is 1.33. The Kier molecular flexibility index (Phi) is 3.16. The molecule has 5 heteroatoms. The van der Waals surface area contributed by atoms with E-state index in [0.717, 1.165) is 11.0 Å². The molecule has 84 valence electrons. The van der Waals surface area contributed by atoms with E-state index >= 15 is 0 Å². The lowest BCUT2D eigenvalue weighted by molar-refractivity contribution is 0.804. The van der Waals surface area contributed by atoms with Crippen LogP contribution in [0, 0.1) is 3.57 Å². The van der Waals surface area contributed by atoms with Crippen LogP contribution >= 0.6 is 22.6 Å². The zero-order valence-corrected chi connectivity index (χ0v) is 12.8. The Morgan fingerprint density at radius 2 is 1.75 bits per heavy atom. The van der Waals surface area contributed by atoms with Gasteiger partial charge in [0, 0.05) is 9.77 Å². The van der Waals surface area contributed by atoms with Gasteiger partial charge in [-0.2, -0.15) is 0 Å². The van der Waals surface area contributed by atoms with Gasteiger partial charge in [0.05, 0.1) is 11.0 Å². The summed E-state index contributed by atoms with van der Waals surface area (Å²) in [7, 11) is -1.35. The van der Waals surface area contributed by atoms with Crippen LogP contribution in [-0.4, -0.2) is 23.1 Å². The molecule has 3 nitrogen and oxygen atoms in total. The molecule has 0 spiro atoms. The highest BCUT2D eigenvalue weighted by molar-refractivity contribution is 14.1. The van der Waals surface area contributed by atoms with Crippen molar-refractivity contribution in [1.29, 1.82) is 0 Å². The Morgan fingerprint density at radius 1 is 1.12 bits per heavy atom. The number of halogens is 1. The zero-order valence-electron chi connectivity index (χ0n) is 9.61. The van der Waals surface area contributed by atoms with Crippen molar-refractivity contribution in [2.24, 2.45) is 0 Å². The molecule has 0 N–H and O–H groups in total. The molecule has 2 aromatic rings. The van der Waals surface area contributed by atoms with E-state index in [0.29, 0.717) is 0 Å². The van der Waals surface area contributed by atoms with Crippen LogP contribution in [0.3, 0.4) is 0 Å². The maximum absolute atomic E-state index is 4.26. The molecule has 2 rings (SSSR count). The summed E-state index contributed by atoms with van der Waals surface area (Å²) in [4.78, 5) is 0. The van der Waals surface area contributed by atoms with Gasteiger partial charge in [0.25, 0.3) is 0 Å². The Bertz CT molecular complexity index is 485. The molecule has 1 aromatic carbocycles. The summed E-state index contributed by atoms with van der Waals surface area (Å²) in [5.41, 5.74) is 1.07. The van der Waals surface area contributed by atoms with E-state index < -0.39 is 8.07 Å². The molecule has 0 aliphatic rings. The van der Waals surface area contributed by atoms with E-state index in [-0.39, 0.29) is 0 Å². The lowest BCUT2D eigenvalue weighted by Gasteiger charge is -2.09. The third kappa shape index (κ3) is 2.52. The number of benzene rings is 1. The van der Waals surface area contributed by atoms with E-state index in [4.69, 9.17) is 0 Å². The van der Waals surface area contributed by atoms with Crippen molar-refractivity contribution in [3.63, 3.8) is 0 Å². The van der Waals surface area contributed by atoms with Gasteiger partial charge in [-0.25, -0.2) is 4.68 Å². The summed E-state index contributed by atoms with van der Waals surface area (Å²) in [5, 5.41) is 9.59. The van der Waals surface area contributed by atoms with Gasteiger partial charge in [-0.1, -0.05) is 24.9 Å². The zero-order chi connectivity index (χ0) is 11.8. The van der Waals surface area contributed by atoms with Gasteiger partial charge in [-0.3, -0.25) is 0 Å². The van der Waals surface area contributed by atoms with Crippen molar-refractivity contribution in [1.82, 2.24) is 15.0 Å². The molecule has 0 saturated heterocycles.